The molecule has 3 rings (SSSR count). The molecule has 1 N–H and O–H groups in total. The van der Waals surface area contributed by atoms with Crippen molar-refractivity contribution in [2.24, 2.45) is 0 Å². The van der Waals surface area contributed by atoms with Crippen molar-refractivity contribution in [3.63, 3.8) is 0 Å². The van der Waals surface area contributed by atoms with Crippen LogP contribution in [-0.4, -0.2) is 10.2 Å². The van der Waals surface area contributed by atoms with Crippen LogP contribution in [0.5, 0.6) is 0 Å². The van der Waals surface area contributed by atoms with Gasteiger partial charge in [0.05, 0.1) is 16.3 Å². The topological polar surface area (TPSA) is 28.7 Å². The first-order valence-corrected chi connectivity index (χ1v) is 6.38. The van der Waals surface area contributed by atoms with Crippen LogP contribution in [0.3, 0.4) is 0 Å². The third kappa shape index (κ3) is 1.78. The van der Waals surface area contributed by atoms with E-state index in [1.807, 2.05) is 18.2 Å². The Morgan fingerprint density at radius 3 is 2.59 bits per heavy atom. The van der Waals surface area contributed by atoms with E-state index in [0.29, 0.717) is 0 Å². The second-order valence-corrected chi connectivity index (χ2v) is 4.86. The van der Waals surface area contributed by atoms with E-state index in [-0.39, 0.29) is 0 Å². The van der Waals surface area contributed by atoms with Gasteiger partial charge in [0.1, 0.15) is 0 Å². The molecule has 2 nitrogen and oxygen atoms in total. The Bertz CT molecular complexity index is 609. The summed E-state index contributed by atoms with van der Waals surface area (Å²) >= 11 is 1.73. The number of aromatic amines is 1. The molecule has 0 radical (unpaired) electrons. The first kappa shape index (κ1) is 10.3. The lowest BCUT2D eigenvalue weighted by atomic mass is 10.1. The van der Waals surface area contributed by atoms with Crippen molar-refractivity contribution in [2.75, 3.05) is 0 Å². The summed E-state index contributed by atoms with van der Waals surface area (Å²) in [5.74, 6) is 0. The quantitative estimate of drug-likeness (QED) is 0.717. The molecule has 3 aromatic rings. The van der Waals surface area contributed by atoms with Crippen molar-refractivity contribution in [1.82, 2.24) is 10.2 Å². The van der Waals surface area contributed by atoms with Crippen molar-refractivity contribution in [2.45, 2.75) is 6.92 Å². The van der Waals surface area contributed by atoms with E-state index in [9.17, 15) is 0 Å². The summed E-state index contributed by atoms with van der Waals surface area (Å²) in [7, 11) is 0. The van der Waals surface area contributed by atoms with Gasteiger partial charge in [-0.1, -0.05) is 36.4 Å². The van der Waals surface area contributed by atoms with Crippen LogP contribution in [0.4, 0.5) is 0 Å². The van der Waals surface area contributed by atoms with Gasteiger partial charge >= 0.3 is 0 Å². The molecule has 0 amide bonds. The van der Waals surface area contributed by atoms with Gasteiger partial charge in [-0.05, 0) is 18.4 Å². The predicted octanol–water partition coefficient (Wildman–Crippen LogP) is 4.11. The Morgan fingerprint density at radius 1 is 1.06 bits per heavy atom. The molecule has 0 fully saturated rings. The van der Waals surface area contributed by atoms with Crippen molar-refractivity contribution in [3.05, 3.63) is 53.4 Å². The minimum Gasteiger partial charge on any atom is -0.276 e. The highest BCUT2D eigenvalue weighted by molar-refractivity contribution is 7.13. The Hall–Kier alpha value is -1.87. The number of H-pyrrole nitrogens is 1. The Balaban J connectivity index is 2.10. The minimum absolute atomic E-state index is 1.04. The van der Waals surface area contributed by atoms with Crippen LogP contribution in [0.1, 0.15) is 5.56 Å². The maximum absolute atomic E-state index is 4.42. The maximum Gasteiger partial charge on any atom is 0.0956 e. The number of aromatic nitrogens is 2. The monoisotopic (exact) mass is 240 g/mol. The molecule has 0 unspecified atom stereocenters. The number of benzene rings is 1. The van der Waals surface area contributed by atoms with Crippen LogP contribution in [0.25, 0.3) is 21.8 Å². The molecule has 2 heterocycles. The Kier molecular flexibility index (Phi) is 2.53. The van der Waals surface area contributed by atoms with E-state index in [1.54, 1.807) is 11.3 Å². The van der Waals surface area contributed by atoms with E-state index in [1.165, 1.54) is 10.4 Å². The van der Waals surface area contributed by atoms with E-state index in [2.05, 4.69) is 46.8 Å². The van der Waals surface area contributed by atoms with Crippen LogP contribution in [-0.2, 0) is 0 Å². The van der Waals surface area contributed by atoms with E-state index in [4.69, 9.17) is 0 Å². The average Bonchev–Trinajstić information content (AvgIpc) is 2.99. The molecule has 3 heteroatoms. The lowest BCUT2D eigenvalue weighted by Gasteiger charge is -1.98. The molecule has 0 saturated heterocycles. The molecule has 0 aliphatic rings. The van der Waals surface area contributed by atoms with Gasteiger partial charge in [-0.15, -0.1) is 11.3 Å². The molecule has 0 bridgehead atoms. The zero-order valence-corrected chi connectivity index (χ0v) is 10.3. The predicted molar refractivity (Wildman–Crippen MR) is 72.1 cm³/mol. The van der Waals surface area contributed by atoms with Crippen LogP contribution in [0.2, 0.25) is 0 Å². The third-order valence-electron chi connectivity index (χ3n) is 2.82. The van der Waals surface area contributed by atoms with Crippen molar-refractivity contribution in [1.29, 1.82) is 0 Å². The first-order chi connectivity index (χ1) is 8.36. The highest BCUT2D eigenvalue weighted by Crippen LogP contribution is 2.31. The lowest BCUT2D eigenvalue weighted by Crippen LogP contribution is -1.80. The lowest BCUT2D eigenvalue weighted by molar-refractivity contribution is 1.10. The molecule has 0 saturated carbocycles. The number of hydrogen-bond acceptors (Lipinski definition) is 2. The largest absolute Gasteiger partial charge is 0.276 e. The summed E-state index contributed by atoms with van der Waals surface area (Å²) in [5.41, 5.74) is 4.52. The second kappa shape index (κ2) is 4.18. The van der Waals surface area contributed by atoms with Crippen LogP contribution < -0.4 is 0 Å². The zero-order valence-electron chi connectivity index (χ0n) is 9.47. The number of nitrogens with zero attached hydrogens (tertiary/aromatic N) is 1. The molecule has 0 spiro atoms. The summed E-state index contributed by atoms with van der Waals surface area (Å²) in [6, 6.07) is 14.4. The zero-order chi connectivity index (χ0) is 11.7. The molecule has 84 valence electrons. The molecule has 0 aliphatic heterocycles. The molecular weight excluding hydrogens is 228 g/mol. The van der Waals surface area contributed by atoms with Gasteiger partial charge in [-0.3, -0.25) is 5.10 Å². The fourth-order valence-corrected chi connectivity index (χ4v) is 2.71. The number of thiophene rings is 1. The van der Waals surface area contributed by atoms with Crippen molar-refractivity contribution >= 4 is 11.3 Å². The SMILES string of the molecule is Cc1c(-c2ccccc2)n[nH]c1-c1cccs1. The van der Waals surface area contributed by atoms with Crippen LogP contribution >= 0.6 is 11.3 Å². The fourth-order valence-electron chi connectivity index (χ4n) is 1.94. The molecule has 0 atom stereocenters. The van der Waals surface area contributed by atoms with Gasteiger partial charge in [0, 0.05) is 11.1 Å². The van der Waals surface area contributed by atoms with Gasteiger partial charge in [0.15, 0.2) is 0 Å². The smallest absolute Gasteiger partial charge is 0.0956 e. The van der Waals surface area contributed by atoms with E-state index in [0.717, 1.165) is 17.0 Å². The fraction of sp³-hybridized carbons (Fsp3) is 0.0714. The minimum atomic E-state index is 1.04. The molecule has 1 aromatic carbocycles. The average molecular weight is 240 g/mol. The van der Waals surface area contributed by atoms with Gasteiger partial charge in [-0.25, -0.2) is 0 Å². The van der Waals surface area contributed by atoms with Crippen LogP contribution in [0, 0.1) is 6.92 Å². The highest BCUT2D eigenvalue weighted by atomic mass is 32.1. The molecule has 2 aromatic heterocycles. The Labute approximate surface area is 104 Å². The number of rotatable bonds is 2. The summed E-state index contributed by atoms with van der Waals surface area (Å²) in [4.78, 5) is 1.23. The maximum atomic E-state index is 4.42. The summed E-state index contributed by atoms with van der Waals surface area (Å²) in [6.07, 6.45) is 0. The van der Waals surface area contributed by atoms with Gasteiger partial charge in [0.2, 0.25) is 0 Å². The van der Waals surface area contributed by atoms with Gasteiger partial charge in [-0.2, -0.15) is 5.10 Å². The third-order valence-corrected chi connectivity index (χ3v) is 3.71. The van der Waals surface area contributed by atoms with Crippen molar-refractivity contribution in [3.8, 4) is 21.8 Å². The number of nitrogens with one attached hydrogen (secondary N) is 1. The summed E-state index contributed by atoms with van der Waals surface area (Å²) < 4.78 is 0. The van der Waals surface area contributed by atoms with E-state index < -0.39 is 0 Å². The summed E-state index contributed by atoms with van der Waals surface area (Å²) in [5, 5.41) is 9.64. The summed E-state index contributed by atoms with van der Waals surface area (Å²) in [6.45, 7) is 2.11. The first-order valence-electron chi connectivity index (χ1n) is 5.50. The Morgan fingerprint density at radius 2 is 1.88 bits per heavy atom. The molecule has 17 heavy (non-hydrogen) atoms. The van der Waals surface area contributed by atoms with Gasteiger partial charge < -0.3 is 0 Å². The standard InChI is InChI=1S/C14H12N2S/c1-10-13(11-6-3-2-4-7-11)15-16-14(10)12-8-5-9-17-12/h2-9H,1H3,(H,15,16). The molecule has 0 aliphatic carbocycles. The second-order valence-electron chi connectivity index (χ2n) is 3.92. The van der Waals surface area contributed by atoms with Gasteiger partial charge in [0.25, 0.3) is 0 Å². The highest BCUT2D eigenvalue weighted by Gasteiger charge is 2.12. The normalized spacial score (nSPS) is 10.6. The van der Waals surface area contributed by atoms with Crippen molar-refractivity contribution < 1.29 is 0 Å². The van der Waals surface area contributed by atoms with E-state index >= 15 is 0 Å². The number of hydrogen-bond donors (Lipinski definition) is 1. The van der Waals surface area contributed by atoms with Crippen LogP contribution in [0.15, 0.2) is 47.8 Å². The molecular formula is C14H12N2S.